The minimum Gasteiger partial charge on any atom is -0.350 e. The third-order valence-electron chi connectivity index (χ3n) is 6.75. The largest absolute Gasteiger partial charge is 0.350 e. The molecule has 0 spiro atoms. The molecule has 0 heterocycles. The number of hydrogen-bond donors (Lipinski definition) is 1. The highest BCUT2D eigenvalue weighted by Crippen LogP contribution is 2.31. The van der Waals surface area contributed by atoms with Gasteiger partial charge < -0.3 is 10.2 Å². The van der Waals surface area contributed by atoms with E-state index < -0.39 is 34.1 Å². The Balaban J connectivity index is 2.11. The van der Waals surface area contributed by atoms with Crippen molar-refractivity contribution >= 4 is 39.1 Å². The summed E-state index contributed by atoms with van der Waals surface area (Å²) in [5.41, 5.74) is 3.12. The van der Waals surface area contributed by atoms with E-state index in [1.165, 1.54) is 17.0 Å². The fraction of sp³-hybridized carbons (Fsp3) is 0.375. The van der Waals surface area contributed by atoms with Gasteiger partial charge in [-0.05, 0) is 83.4 Å². The molecule has 0 aliphatic carbocycles. The summed E-state index contributed by atoms with van der Waals surface area (Å²) in [6.07, 6.45) is 0.348. The third-order valence-corrected chi connectivity index (χ3v) is 8.94. The van der Waals surface area contributed by atoms with Crippen molar-refractivity contribution in [3.8, 4) is 0 Å². The van der Waals surface area contributed by atoms with Gasteiger partial charge in [0.25, 0.3) is 10.0 Å². The van der Waals surface area contributed by atoms with E-state index in [1.807, 2.05) is 65.8 Å². The standard InChI is InChI=1S/C32H40ClN3O4S/c1-8-28(31(38)34-32(5,6)7)35(20-25-16-12-22(2)13-17-25)30(37)21-36(29-11-9-10-27(33)24(29)4)41(39,40)26-18-14-23(3)15-19-26/h9-19,28H,8,20-21H2,1-7H3,(H,34,38). The fourth-order valence-corrected chi connectivity index (χ4v) is 6.12. The van der Waals surface area contributed by atoms with E-state index >= 15 is 0 Å². The molecule has 3 aromatic rings. The summed E-state index contributed by atoms with van der Waals surface area (Å²) in [4.78, 5) is 29.2. The van der Waals surface area contributed by atoms with Gasteiger partial charge in [0.2, 0.25) is 11.8 Å². The van der Waals surface area contributed by atoms with Crippen LogP contribution in [-0.4, -0.2) is 43.3 Å². The topological polar surface area (TPSA) is 86.8 Å². The van der Waals surface area contributed by atoms with E-state index in [9.17, 15) is 18.0 Å². The number of anilines is 1. The number of carbonyl (C=O) groups excluding carboxylic acids is 2. The third kappa shape index (κ3) is 8.11. The van der Waals surface area contributed by atoms with Crippen LogP contribution in [0.5, 0.6) is 0 Å². The summed E-state index contributed by atoms with van der Waals surface area (Å²) in [5, 5.41) is 3.36. The smallest absolute Gasteiger partial charge is 0.264 e. The Hall–Kier alpha value is -3.36. The quantitative estimate of drug-likeness (QED) is 0.302. The predicted octanol–water partition coefficient (Wildman–Crippen LogP) is 6.18. The molecule has 3 rings (SSSR count). The first kappa shape index (κ1) is 32.2. The van der Waals surface area contributed by atoms with Gasteiger partial charge in [-0.3, -0.25) is 13.9 Å². The second kappa shape index (κ2) is 13.1. The molecule has 1 N–H and O–H groups in total. The molecule has 0 fully saturated rings. The molecule has 0 aliphatic heterocycles. The molecule has 3 aromatic carbocycles. The Morgan fingerprint density at radius 2 is 1.46 bits per heavy atom. The van der Waals surface area contributed by atoms with Gasteiger partial charge in [-0.15, -0.1) is 0 Å². The van der Waals surface area contributed by atoms with E-state index in [0.717, 1.165) is 21.0 Å². The average molecular weight is 598 g/mol. The first-order valence-electron chi connectivity index (χ1n) is 13.7. The van der Waals surface area contributed by atoms with E-state index in [1.54, 1.807) is 37.3 Å². The first-order chi connectivity index (χ1) is 19.1. The van der Waals surface area contributed by atoms with Gasteiger partial charge in [-0.2, -0.15) is 0 Å². The molecule has 0 saturated carbocycles. The van der Waals surface area contributed by atoms with Crippen LogP contribution in [0.1, 0.15) is 56.4 Å². The van der Waals surface area contributed by atoms with Gasteiger partial charge in [-0.1, -0.05) is 72.1 Å². The second-order valence-corrected chi connectivity index (χ2v) is 13.6. The highest BCUT2D eigenvalue weighted by atomic mass is 35.5. The van der Waals surface area contributed by atoms with Crippen LogP contribution < -0.4 is 9.62 Å². The number of halogens is 1. The molecular weight excluding hydrogens is 558 g/mol. The number of benzene rings is 3. The van der Waals surface area contributed by atoms with Crippen LogP contribution in [0.25, 0.3) is 0 Å². The Labute approximate surface area is 249 Å². The summed E-state index contributed by atoms with van der Waals surface area (Å²) in [6.45, 7) is 12.7. The van der Waals surface area contributed by atoms with Gasteiger partial charge in [0.15, 0.2) is 0 Å². The van der Waals surface area contributed by atoms with Crippen molar-refractivity contribution in [2.45, 2.75) is 77.9 Å². The van der Waals surface area contributed by atoms with E-state index in [4.69, 9.17) is 11.6 Å². The molecule has 220 valence electrons. The molecule has 2 amide bonds. The van der Waals surface area contributed by atoms with Crippen LogP contribution in [0.3, 0.4) is 0 Å². The van der Waals surface area contributed by atoms with Crippen molar-refractivity contribution in [1.29, 1.82) is 0 Å². The van der Waals surface area contributed by atoms with Crippen molar-refractivity contribution < 1.29 is 18.0 Å². The Morgan fingerprint density at radius 1 is 0.902 bits per heavy atom. The molecule has 0 aliphatic rings. The van der Waals surface area contributed by atoms with Crippen LogP contribution >= 0.6 is 11.6 Å². The fourth-order valence-electron chi connectivity index (χ4n) is 4.48. The molecule has 9 heteroatoms. The van der Waals surface area contributed by atoms with E-state index in [-0.39, 0.29) is 17.3 Å². The second-order valence-electron chi connectivity index (χ2n) is 11.4. The zero-order valence-electron chi connectivity index (χ0n) is 24.9. The minimum absolute atomic E-state index is 0.0536. The lowest BCUT2D eigenvalue weighted by atomic mass is 10.1. The summed E-state index contributed by atoms with van der Waals surface area (Å²) in [6, 6.07) is 18.3. The van der Waals surface area contributed by atoms with Crippen LogP contribution in [0.4, 0.5) is 5.69 Å². The minimum atomic E-state index is -4.17. The monoisotopic (exact) mass is 597 g/mol. The van der Waals surface area contributed by atoms with Crippen molar-refractivity contribution in [1.82, 2.24) is 10.2 Å². The number of nitrogens with one attached hydrogen (secondary N) is 1. The molecule has 7 nitrogen and oxygen atoms in total. The van der Waals surface area contributed by atoms with Crippen LogP contribution in [0.15, 0.2) is 71.6 Å². The lowest BCUT2D eigenvalue weighted by Gasteiger charge is -2.35. The predicted molar refractivity (Wildman–Crippen MR) is 166 cm³/mol. The van der Waals surface area contributed by atoms with Crippen molar-refractivity contribution in [3.63, 3.8) is 0 Å². The van der Waals surface area contributed by atoms with Gasteiger partial charge in [-0.25, -0.2) is 8.42 Å². The zero-order valence-corrected chi connectivity index (χ0v) is 26.4. The molecule has 0 saturated heterocycles. The summed E-state index contributed by atoms with van der Waals surface area (Å²) in [5.74, 6) is -0.802. The van der Waals surface area contributed by atoms with E-state index in [2.05, 4.69) is 5.32 Å². The Kier molecular flexibility index (Phi) is 10.3. The maximum atomic E-state index is 14.2. The maximum absolute atomic E-state index is 14.2. The summed E-state index contributed by atoms with van der Waals surface area (Å²) >= 11 is 6.40. The van der Waals surface area contributed by atoms with Crippen molar-refractivity contribution in [3.05, 3.63) is 94.0 Å². The first-order valence-corrected chi connectivity index (χ1v) is 15.5. The van der Waals surface area contributed by atoms with Gasteiger partial charge in [0.05, 0.1) is 10.6 Å². The zero-order chi connectivity index (χ0) is 30.5. The van der Waals surface area contributed by atoms with Crippen LogP contribution in [-0.2, 0) is 26.2 Å². The molecular formula is C32H40ClN3O4S. The number of aryl methyl sites for hydroxylation is 2. The molecule has 1 atom stereocenters. The van der Waals surface area contributed by atoms with Gasteiger partial charge in [0, 0.05) is 17.1 Å². The average Bonchev–Trinajstić information content (AvgIpc) is 2.89. The molecule has 41 heavy (non-hydrogen) atoms. The number of hydrogen-bond acceptors (Lipinski definition) is 4. The Morgan fingerprint density at radius 3 is 2.00 bits per heavy atom. The van der Waals surface area contributed by atoms with Crippen LogP contribution in [0, 0.1) is 20.8 Å². The highest BCUT2D eigenvalue weighted by molar-refractivity contribution is 7.92. The lowest BCUT2D eigenvalue weighted by molar-refractivity contribution is -0.141. The van der Waals surface area contributed by atoms with Crippen LogP contribution in [0.2, 0.25) is 5.02 Å². The molecule has 1 unspecified atom stereocenters. The van der Waals surface area contributed by atoms with Crippen molar-refractivity contribution in [2.75, 3.05) is 10.8 Å². The number of amides is 2. The highest BCUT2D eigenvalue weighted by Gasteiger charge is 2.35. The van der Waals surface area contributed by atoms with E-state index in [0.29, 0.717) is 22.7 Å². The summed E-state index contributed by atoms with van der Waals surface area (Å²) < 4.78 is 29.2. The summed E-state index contributed by atoms with van der Waals surface area (Å²) in [7, 11) is -4.17. The normalized spacial score (nSPS) is 12.5. The Bertz CT molecular complexity index is 1480. The number of nitrogens with zero attached hydrogens (tertiary/aromatic N) is 2. The SMILES string of the molecule is CCC(C(=O)NC(C)(C)C)N(Cc1ccc(C)cc1)C(=O)CN(c1cccc(Cl)c1C)S(=O)(=O)c1ccc(C)cc1. The van der Waals surface area contributed by atoms with Crippen molar-refractivity contribution in [2.24, 2.45) is 0 Å². The maximum Gasteiger partial charge on any atom is 0.264 e. The molecule has 0 bridgehead atoms. The van der Waals surface area contributed by atoms with Gasteiger partial charge >= 0.3 is 0 Å². The number of sulfonamides is 1. The number of rotatable bonds is 10. The molecule has 0 radical (unpaired) electrons. The van der Waals surface area contributed by atoms with Gasteiger partial charge in [0.1, 0.15) is 12.6 Å². The molecule has 0 aromatic heterocycles. The number of carbonyl (C=O) groups is 2. The lowest BCUT2D eigenvalue weighted by Crippen LogP contribution is -2.55.